The van der Waals surface area contributed by atoms with Gasteiger partial charge in [0.15, 0.2) is 0 Å². The summed E-state index contributed by atoms with van der Waals surface area (Å²) in [5.41, 5.74) is 2.72. The standard InChI is InChI=1S/C16H21NO2S2/c1-5-17(11-15-7-6-8-20-15)21(18,19)16-13(3)9-12(2)10-14(16)4/h6-10H,5,11H2,1-4H3. The van der Waals surface area contributed by atoms with Crippen molar-refractivity contribution in [3.05, 3.63) is 51.2 Å². The zero-order chi connectivity index (χ0) is 15.6. The SMILES string of the molecule is CCN(Cc1cccs1)S(=O)(=O)c1c(C)cc(C)cc1C. The van der Waals surface area contributed by atoms with Gasteiger partial charge in [0.25, 0.3) is 0 Å². The highest BCUT2D eigenvalue weighted by atomic mass is 32.2. The molecule has 3 nitrogen and oxygen atoms in total. The Morgan fingerprint density at radius 3 is 2.24 bits per heavy atom. The van der Waals surface area contributed by atoms with Gasteiger partial charge in [-0.3, -0.25) is 0 Å². The molecule has 5 heteroatoms. The lowest BCUT2D eigenvalue weighted by atomic mass is 10.1. The van der Waals surface area contributed by atoms with Crippen molar-refractivity contribution < 1.29 is 8.42 Å². The molecule has 0 amide bonds. The molecule has 0 atom stereocenters. The second-order valence-corrected chi connectivity index (χ2v) is 8.15. The Kier molecular flexibility index (Phi) is 4.86. The Bertz CT molecular complexity index is 696. The highest BCUT2D eigenvalue weighted by molar-refractivity contribution is 7.89. The van der Waals surface area contributed by atoms with Crippen LogP contribution >= 0.6 is 11.3 Å². The van der Waals surface area contributed by atoms with Crippen LogP contribution in [0.3, 0.4) is 0 Å². The Morgan fingerprint density at radius 2 is 1.76 bits per heavy atom. The highest BCUT2D eigenvalue weighted by Crippen LogP contribution is 2.26. The van der Waals surface area contributed by atoms with Gasteiger partial charge in [-0.1, -0.05) is 30.7 Å². The monoisotopic (exact) mass is 323 g/mol. The number of nitrogens with zero attached hydrogens (tertiary/aromatic N) is 1. The van der Waals surface area contributed by atoms with E-state index in [1.807, 2.05) is 57.3 Å². The van der Waals surface area contributed by atoms with E-state index in [1.54, 1.807) is 15.6 Å². The summed E-state index contributed by atoms with van der Waals surface area (Å²) in [5.74, 6) is 0. The van der Waals surface area contributed by atoms with Crippen molar-refractivity contribution in [1.82, 2.24) is 4.31 Å². The summed E-state index contributed by atoms with van der Waals surface area (Å²) in [6, 6.07) is 7.78. The lowest BCUT2D eigenvalue weighted by Crippen LogP contribution is -2.31. The van der Waals surface area contributed by atoms with Gasteiger partial charge in [-0.15, -0.1) is 11.3 Å². The minimum Gasteiger partial charge on any atom is -0.207 e. The predicted molar refractivity (Wildman–Crippen MR) is 88.2 cm³/mol. The van der Waals surface area contributed by atoms with E-state index in [2.05, 4.69) is 0 Å². The number of thiophene rings is 1. The maximum Gasteiger partial charge on any atom is 0.243 e. The molecule has 0 bridgehead atoms. The molecular weight excluding hydrogens is 302 g/mol. The summed E-state index contributed by atoms with van der Waals surface area (Å²) in [5, 5.41) is 1.97. The third-order valence-corrected chi connectivity index (χ3v) is 6.56. The van der Waals surface area contributed by atoms with Crippen LogP contribution in [0.25, 0.3) is 0 Å². The van der Waals surface area contributed by atoms with Crippen molar-refractivity contribution in [3.8, 4) is 0 Å². The van der Waals surface area contributed by atoms with Gasteiger partial charge in [-0.25, -0.2) is 8.42 Å². The Hall–Kier alpha value is -1.17. The van der Waals surface area contributed by atoms with Gasteiger partial charge in [0.1, 0.15) is 0 Å². The topological polar surface area (TPSA) is 37.4 Å². The Labute approximate surface area is 131 Å². The molecule has 0 N–H and O–H groups in total. The van der Waals surface area contributed by atoms with Gasteiger partial charge >= 0.3 is 0 Å². The highest BCUT2D eigenvalue weighted by Gasteiger charge is 2.27. The van der Waals surface area contributed by atoms with Gasteiger partial charge in [0.05, 0.1) is 4.90 Å². The van der Waals surface area contributed by atoms with Gasteiger partial charge in [0, 0.05) is 18.0 Å². The summed E-state index contributed by atoms with van der Waals surface area (Å²) in [6.07, 6.45) is 0. The van der Waals surface area contributed by atoms with Gasteiger partial charge in [0.2, 0.25) is 10.0 Å². The first kappa shape index (κ1) is 16.2. The van der Waals surface area contributed by atoms with Crippen LogP contribution in [0, 0.1) is 20.8 Å². The van der Waals surface area contributed by atoms with Crippen LogP contribution in [-0.2, 0) is 16.6 Å². The van der Waals surface area contributed by atoms with Crippen molar-refractivity contribution >= 4 is 21.4 Å². The second-order valence-electron chi connectivity index (χ2n) is 5.24. The van der Waals surface area contributed by atoms with E-state index in [1.165, 1.54) is 0 Å². The van der Waals surface area contributed by atoms with Crippen LogP contribution in [0.1, 0.15) is 28.5 Å². The Morgan fingerprint density at radius 1 is 1.14 bits per heavy atom. The van der Waals surface area contributed by atoms with Crippen LogP contribution in [-0.4, -0.2) is 19.3 Å². The van der Waals surface area contributed by atoms with E-state index in [4.69, 9.17) is 0 Å². The van der Waals surface area contributed by atoms with E-state index in [0.29, 0.717) is 18.0 Å². The number of sulfonamides is 1. The van der Waals surface area contributed by atoms with Crippen LogP contribution < -0.4 is 0 Å². The third kappa shape index (κ3) is 3.36. The normalized spacial score (nSPS) is 12.0. The maximum atomic E-state index is 13.0. The van der Waals surface area contributed by atoms with Crippen molar-refractivity contribution in [1.29, 1.82) is 0 Å². The first-order valence-electron chi connectivity index (χ1n) is 6.96. The average Bonchev–Trinajstić information content (AvgIpc) is 2.86. The molecule has 1 heterocycles. The third-order valence-electron chi connectivity index (χ3n) is 3.47. The summed E-state index contributed by atoms with van der Waals surface area (Å²) in [4.78, 5) is 1.51. The zero-order valence-corrected chi connectivity index (χ0v) is 14.5. The van der Waals surface area contributed by atoms with Crippen molar-refractivity contribution in [2.24, 2.45) is 0 Å². The van der Waals surface area contributed by atoms with Gasteiger partial charge < -0.3 is 0 Å². The fourth-order valence-corrected chi connectivity index (χ4v) is 5.29. The molecule has 0 saturated carbocycles. The zero-order valence-electron chi connectivity index (χ0n) is 12.9. The minimum absolute atomic E-state index is 0.434. The quantitative estimate of drug-likeness (QED) is 0.837. The molecule has 0 spiro atoms. The van der Waals surface area contributed by atoms with E-state index >= 15 is 0 Å². The summed E-state index contributed by atoms with van der Waals surface area (Å²) >= 11 is 1.58. The first-order valence-corrected chi connectivity index (χ1v) is 9.28. The van der Waals surface area contributed by atoms with Gasteiger partial charge in [-0.05, 0) is 43.3 Å². The molecule has 2 rings (SSSR count). The molecule has 0 saturated heterocycles. The van der Waals surface area contributed by atoms with Crippen molar-refractivity contribution in [2.75, 3.05) is 6.54 Å². The lowest BCUT2D eigenvalue weighted by molar-refractivity contribution is 0.425. The Balaban J connectivity index is 2.45. The van der Waals surface area contributed by atoms with Crippen LogP contribution in [0.2, 0.25) is 0 Å². The molecule has 0 aliphatic carbocycles. The molecule has 1 aromatic heterocycles. The molecule has 114 valence electrons. The van der Waals surface area contributed by atoms with E-state index in [0.717, 1.165) is 21.6 Å². The van der Waals surface area contributed by atoms with Crippen molar-refractivity contribution in [2.45, 2.75) is 39.1 Å². The molecule has 0 unspecified atom stereocenters. The second kappa shape index (κ2) is 6.30. The van der Waals surface area contributed by atoms with Crippen LogP contribution in [0.5, 0.6) is 0 Å². The first-order chi connectivity index (χ1) is 9.86. The molecule has 0 aliphatic heterocycles. The number of benzene rings is 1. The fraction of sp³-hybridized carbons (Fsp3) is 0.375. The smallest absolute Gasteiger partial charge is 0.207 e. The molecule has 0 radical (unpaired) electrons. The molecular formula is C16H21NO2S2. The molecule has 21 heavy (non-hydrogen) atoms. The number of hydrogen-bond acceptors (Lipinski definition) is 3. The van der Waals surface area contributed by atoms with E-state index < -0.39 is 10.0 Å². The van der Waals surface area contributed by atoms with E-state index in [-0.39, 0.29) is 0 Å². The minimum atomic E-state index is -3.47. The van der Waals surface area contributed by atoms with Crippen molar-refractivity contribution in [3.63, 3.8) is 0 Å². The number of rotatable bonds is 5. The van der Waals surface area contributed by atoms with Gasteiger partial charge in [-0.2, -0.15) is 4.31 Å². The van der Waals surface area contributed by atoms with Crippen LogP contribution in [0.4, 0.5) is 0 Å². The summed E-state index contributed by atoms with van der Waals surface area (Å²) in [6.45, 7) is 8.50. The fourth-order valence-electron chi connectivity index (χ4n) is 2.65. The average molecular weight is 323 g/mol. The summed E-state index contributed by atoms with van der Waals surface area (Å²) in [7, 11) is -3.47. The molecule has 1 aromatic carbocycles. The molecule has 2 aromatic rings. The maximum absolute atomic E-state index is 13.0. The predicted octanol–water partition coefficient (Wildman–Crippen LogP) is 3.88. The van der Waals surface area contributed by atoms with Crippen LogP contribution in [0.15, 0.2) is 34.5 Å². The molecule has 0 aliphatic rings. The molecule has 0 fully saturated rings. The largest absolute Gasteiger partial charge is 0.243 e. The lowest BCUT2D eigenvalue weighted by Gasteiger charge is -2.22. The van der Waals surface area contributed by atoms with E-state index in [9.17, 15) is 8.42 Å². The number of hydrogen-bond donors (Lipinski definition) is 0. The number of aryl methyl sites for hydroxylation is 3. The summed E-state index contributed by atoms with van der Waals surface area (Å²) < 4.78 is 27.5.